The maximum Gasteiger partial charge on any atom is 0.126 e. The van der Waals surface area contributed by atoms with Gasteiger partial charge in [0.15, 0.2) is 0 Å². The third-order valence-electron chi connectivity index (χ3n) is 2.97. The van der Waals surface area contributed by atoms with Crippen molar-refractivity contribution in [3.05, 3.63) is 29.0 Å². The molecule has 0 bridgehead atoms. The predicted molar refractivity (Wildman–Crippen MR) is 60.9 cm³/mol. The molecule has 1 unspecified atom stereocenters. The number of fused-ring (bicyclic) bond motifs is 3. The molecule has 1 aliphatic rings. The van der Waals surface area contributed by atoms with E-state index < -0.39 is 0 Å². The molecule has 0 aliphatic carbocycles. The molecule has 0 saturated carbocycles. The van der Waals surface area contributed by atoms with Gasteiger partial charge in [-0.25, -0.2) is 4.98 Å². The molecule has 1 aromatic carbocycles. The third kappa shape index (κ3) is 1.34. The Labute approximate surface area is 92.8 Å². The molecule has 78 valence electrons. The molecule has 4 heteroatoms. The monoisotopic (exact) mass is 221 g/mol. The van der Waals surface area contributed by atoms with Crippen molar-refractivity contribution >= 4 is 22.6 Å². The Hall–Kier alpha value is -1.06. The zero-order valence-corrected chi connectivity index (χ0v) is 9.04. The standard InChI is InChI=1S/C11H12ClN3/c12-7-3-4-10-9(6-7)14-11-8(13)2-1-5-15(10)11/h3-4,6,8H,1-2,5,13H2. The molecule has 0 radical (unpaired) electrons. The van der Waals surface area contributed by atoms with Crippen molar-refractivity contribution in [3.8, 4) is 0 Å². The van der Waals surface area contributed by atoms with Crippen LogP contribution in [0.3, 0.4) is 0 Å². The molecule has 0 fully saturated rings. The summed E-state index contributed by atoms with van der Waals surface area (Å²) in [4.78, 5) is 4.55. The van der Waals surface area contributed by atoms with Crippen LogP contribution in [0.5, 0.6) is 0 Å². The number of hydrogen-bond acceptors (Lipinski definition) is 2. The molecule has 0 spiro atoms. The first kappa shape index (κ1) is 9.19. The molecular formula is C11H12ClN3. The largest absolute Gasteiger partial charge is 0.327 e. The van der Waals surface area contributed by atoms with Gasteiger partial charge in [-0.1, -0.05) is 11.6 Å². The molecule has 1 aliphatic heterocycles. The van der Waals surface area contributed by atoms with E-state index in [9.17, 15) is 0 Å². The summed E-state index contributed by atoms with van der Waals surface area (Å²) >= 11 is 5.94. The summed E-state index contributed by atoms with van der Waals surface area (Å²) in [5, 5.41) is 0.728. The van der Waals surface area contributed by atoms with E-state index in [-0.39, 0.29) is 6.04 Å². The average molecular weight is 222 g/mol. The topological polar surface area (TPSA) is 43.8 Å². The summed E-state index contributed by atoms with van der Waals surface area (Å²) in [5.74, 6) is 0.999. The van der Waals surface area contributed by atoms with E-state index in [1.807, 2.05) is 18.2 Å². The lowest BCUT2D eigenvalue weighted by atomic mass is 10.1. The van der Waals surface area contributed by atoms with Gasteiger partial charge in [0.2, 0.25) is 0 Å². The maximum atomic E-state index is 6.03. The van der Waals surface area contributed by atoms with E-state index in [4.69, 9.17) is 17.3 Å². The Bertz CT molecular complexity index is 518. The Morgan fingerprint density at radius 1 is 1.47 bits per heavy atom. The van der Waals surface area contributed by atoms with Gasteiger partial charge in [0, 0.05) is 11.6 Å². The molecule has 3 rings (SSSR count). The summed E-state index contributed by atoms with van der Waals surface area (Å²) < 4.78 is 2.21. The minimum atomic E-state index is 0.0740. The Kier molecular flexibility index (Phi) is 1.97. The molecule has 2 aromatic rings. The van der Waals surface area contributed by atoms with Crippen LogP contribution in [0.1, 0.15) is 24.7 Å². The lowest BCUT2D eigenvalue weighted by molar-refractivity contribution is 0.459. The van der Waals surface area contributed by atoms with Crippen molar-refractivity contribution in [2.45, 2.75) is 25.4 Å². The first-order chi connectivity index (χ1) is 7.25. The van der Waals surface area contributed by atoms with Gasteiger partial charge in [0.25, 0.3) is 0 Å². The molecule has 1 atom stereocenters. The Morgan fingerprint density at radius 2 is 2.33 bits per heavy atom. The third-order valence-corrected chi connectivity index (χ3v) is 3.20. The minimum absolute atomic E-state index is 0.0740. The lowest BCUT2D eigenvalue weighted by Crippen LogP contribution is -2.21. The number of aromatic nitrogens is 2. The second-order valence-corrected chi connectivity index (χ2v) is 4.44. The van der Waals surface area contributed by atoms with Crippen LogP contribution in [0.25, 0.3) is 11.0 Å². The zero-order chi connectivity index (χ0) is 10.4. The van der Waals surface area contributed by atoms with Gasteiger partial charge >= 0.3 is 0 Å². The van der Waals surface area contributed by atoms with Crippen molar-refractivity contribution in [2.24, 2.45) is 5.73 Å². The van der Waals surface area contributed by atoms with Crippen molar-refractivity contribution in [3.63, 3.8) is 0 Å². The van der Waals surface area contributed by atoms with E-state index in [0.29, 0.717) is 0 Å². The molecule has 0 saturated heterocycles. The van der Waals surface area contributed by atoms with Gasteiger partial charge < -0.3 is 10.3 Å². The Balaban J connectivity index is 2.30. The van der Waals surface area contributed by atoms with Crippen molar-refractivity contribution in [1.82, 2.24) is 9.55 Å². The fraction of sp³-hybridized carbons (Fsp3) is 0.364. The van der Waals surface area contributed by atoms with E-state index in [0.717, 1.165) is 41.3 Å². The summed E-state index contributed by atoms with van der Waals surface area (Å²) in [7, 11) is 0. The van der Waals surface area contributed by atoms with E-state index >= 15 is 0 Å². The van der Waals surface area contributed by atoms with E-state index in [2.05, 4.69) is 9.55 Å². The number of aryl methyl sites for hydroxylation is 1. The molecule has 2 heterocycles. The van der Waals surface area contributed by atoms with E-state index in [1.165, 1.54) is 0 Å². The highest BCUT2D eigenvalue weighted by atomic mass is 35.5. The summed E-state index contributed by atoms with van der Waals surface area (Å²) in [6, 6.07) is 5.89. The van der Waals surface area contributed by atoms with Gasteiger partial charge in [-0.2, -0.15) is 0 Å². The summed E-state index contributed by atoms with van der Waals surface area (Å²) in [6.45, 7) is 1.02. The Morgan fingerprint density at radius 3 is 3.20 bits per heavy atom. The average Bonchev–Trinajstić information content (AvgIpc) is 2.57. The molecule has 1 aromatic heterocycles. The molecular weight excluding hydrogens is 210 g/mol. The SMILES string of the molecule is NC1CCCn2c1nc1cc(Cl)ccc12. The number of benzene rings is 1. The molecule has 2 N–H and O–H groups in total. The number of hydrogen-bond donors (Lipinski definition) is 1. The maximum absolute atomic E-state index is 6.03. The number of nitrogens with two attached hydrogens (primary N) is 1. The highest BCUT2D eigenvalue weighted by Gasteiger charge is 2.20. The van der Waals surface area contributed by atoms with Gasteiger partial charge in [0.05, 0.1) is 17.1 Å². The summed E-state index contributed by atoms with van der Waals surface area (Å²) in [5.41, 5.74) is 8.13. The van der Waals surface area contributed by atoms with Crippen LogP contribution in [0.15, 0.2) is 18.2 Å². The smallest absolute Gasteiger partial charge is 0.126 e. The van der Waals surface area contributed by atoms with E-state index in [1.54, 1.807) is 0 Å². The molecule has 3 nitrogen and oxygen atoms in total. The van der Waals surface area contributed by atoms with Crippen LogP contribution < -0.4 is 5.73 Å². The number of rotatable bonds is 0. The van der Waals surface area contributed by atoms with Crippen LogP contribution in [0, 0.1) is 0 Å². The number of nitrogens with zero attached hydrogens (tertiary/aromatic N) is 2. The second kappa shape index (κ2) is 3.22. The van der Waals surface area contributed by atoms with Crippen molar-refractivity contribution in [1.29, 1.82) is 0 Å². The van der Waals surface area contributed by atoms with Crippen LogP contribution in [-0.2, 0) is 6.54 Å². The van der Waals surface area contributed by atoms with Gasteiger partial charge in [-0.15, -0.1) is 0 Å². The fourth-order valence-corrected chi connectivity index (χ4v) is 2.40. The lowest BCUT2D eigenvalue weighted by Gasteiger charge is -2.20. The highest BCUT2D eigenvalue weighted by Crippen LogP contribution is 2.28. The van der Waals surface area contributed by atoms with Crippen molar-refractivity contribution < 1.29 is 0 Å². The first-order valence-corrected chi connectivity index (χ1v) is 5.55. The van der Waals surface area contributed by atoms with Crippen LogP contribution in [0.2, 0.25) is 5.02 Å². The summed E-state index contributed by atoms with van der Waals surface area (Å²) in [6.07, 6.45) is 2.15. The first-order valence-electron chi connectivity index (χ1n) is 5.17. The van der Waals surface area contributed by atoms with Gasteiger partial charge in [0.1, 0.15) is 5.82 Å². The fourth-order valence-electron chi connectivity index (χ4n) is 2.24. The molecule has 15 heavy (non-hydrogen) atoms. The van der Waals surface area contributed by atoms with Crippen molar-refractivity contribution in [2.75, 3.05) is 0 Å². The number of imidazole rings is 1. The highest BCUT2D eigenvalue weighted by molar-refractivity contribution is 6.31. The quantitative estimate of drug-likeness (QED) is 0.743. The minimum Gasteiger partial charge on any atom is -0.327 e. The second-order valence-electron chi connectivity index (χ2n) is 4.00. The van der Waals surface area contributed by atoms with Crippen LogP contribution in [-0.4, -0.2) is 9.55 Å². The van der Waals surface area contributed by atoms with Gasteiger partial charge in [-0.3, -0.25) is 0 Å². The van der Waals surface area contributed by atoms with Crippen LogP contribution in [0.4, 0.5) is 0 Å². The zero-order valence-electron chi connectivity index (χ0n) is 8.28. The number of halogens is 1. The normalized spacial score (nSPS) is 20.5. The predicted octanol–water partition coefficient (Wildman–Crippen LogP) is 2.48. The van der Waals surface area contributed by atoms with Gasteiger partial charge in [-0.05, 0) is 31.0 Å². The van der Waals surface area contributed by atoms with Crippen LogP contribution >= 0.6 is 11.6 Å². The molecule has 0 amide bonds.